The van der Waals surface area contributed by atoms with Crippen molar-refractivity contribution in [2.24, 2.45) is 5.92 Å². The van der Waals surface area contributed by atoms with Gasteiger partial charge in [0.25, 0.3) is 0 Å². The van der Waals surface area contributed by atoms with Crippen LogP contribution in [0.1, 0.15) is 30.6 Å². The van der Waals surface area contributed by atoms with Crippen LogP contribution >= 0.6 is 0 Å². The molecule has 0 aliphatic carbocycles. The van der Waals surface area contributed by atoms with Gasteiger partial charge in [0, 0.05) is 24.8 Å². The van der Waals surface area contributed by atoms with Gasteiger partial charge < -0.3 is 10.1 Å². The highest BCUT2D eigenvalue weighted by molar-refractivity contribution is 5.35. The van der Waals surface area contributed by atoms with Gasteiger partial charge in [0.1, 0.15) is 11.6 Å². The zero-order valence-corrected chi connectivity index (χ0v) is 15.2. The van der Waals surface area contributed by atoms with Gasteiger partial charge in [-0.3, -0.25) is 4.90 Å². The Morgan fingerprint density at radius 3 is 2.69 bits per heavy atom. The van der Waals surface area contributed by atoms with Crippen LogP contribution in [0.5, 0.6) is 5.75 Å². The van der Waals surface area contributed by atoms with E-state index in [1.54, 1.807) is 12.1 Å². The van der Waals surface area contributed by atoms with Crippen molar-refractivity contribution >= 4 is 5.82 Å². The van der Waals surface area contributed by atoms with E-state index in [1.807, 2.05) is 37.3 Å². The Hall–Kier alpha value is -2.21. The standard InChI is InChI=1S/C20H25F2N3O/c1-14-4-3-5-19(24-14)23-12-16-10-11-25(13-16)15(2)17-6-8-18(9-7-17)26-20(21)22/h3-9,15-16,20H,10-13H2,1-2H3,(H,23,24). The minimum atomic E-state index is -2.78. The van der Waals surface area contributed by atoms with Crippen molar-refractivity contribution in [1.82, 2.24) is 9.88 Å². The zero-order valence-electron chi connectivity index (χ0n) is 15.2. The number of hydrogen-bond donors (Lipinski definition) is 1. The lowest BCUT2D eigenvalue weighted by atomic mass is 10.1. The van der Waals surface area contributed by atoms with Crippen LogP contribution in [0.2, 0.25) is 0 Å². The van der Waals surface area contributed by atoms with Crippen LogP contribution in [0.25, 0.3) is 0 Å². The highest BCUT2D eigenvalue weighted by Gasteiger charge is 2.26. The number of halogens is 2. The molecular weight excluding hydrogens is 336 g/mol. The third kappa shape index (κ3) is 4.91. The summed E-state index contributed by atoms with van der Waals surface area (Å²) in [7, 11) is 0. The summed E-state index contributed by atoms with van der Waals surface area (Å²) < 4.78 is 28.9. The van der Waals surface area contributed by atoms with E-state index in [0.29, 0.717) is 5.92 Å². The molecule has 26 heavy (non-hydrogen) atoms. The molecule has 1 N–H and O–H groups in total. The first-order valence-corrected chi connectivity index (χ1v) is 8.97. The van der Waals surface area contributed by atoms with Gasteiger partial charge in [0.15, 0.2) is 0 Å². The summed E-state index contributed by atoms with van der Waals surface area (Å²) in [5, 5.41) is 3.43. The molecule has 1 aromatic carbocycles. The van der Waals surface area contributed by atoms with E-state index < -0.39 is 6.61 Å². The summed E-state index contributed by atoms with van der Waals surface area (Å²) >= 11 is 0. The van der Waals surface area contributed by atoms with Crippen molar-refractivity contribution in [1.29, 1.82) is 0 Å². The monoisotopic (exact) mass is 361 g/mol. The van der Waals surface area contributed by atoms with Gasteiger partial charge in [-0.2, -0.15) is 8.78 Å². The first-order valence-electron chi connectivity index (χ1n) is 8.97. The number of nitrogens with one attached hydrogen (secondary N) is 1. The molecule has 1 saturated heterocycles. The van der Waals surface area contributed by atoms with Crippen molar-refractivity contribution in [3.05, 3.63) is 53.7 Å². The Labute approximate surface area is 153 Å². The maximum Gasteiger partial charge on any atom is 0.387 e. The fourth-order valence-electron chi connectivity index (χ4n) is 3.41. The second kappa shape index (κ2) is 8.45. The van der Waals surface area contributed by atoms with Crippen molar-refractivity contribution in [3.63, 3.8) is 0 Å². The molecule has 2 atom stereocenters. The Bertz CT molecular complexity index is 708. The molecule has 2 aromatic rings. The number of likely N-dealkylation sites (tertiary alicyclic amines) is 1. The average molecular weight is 361 g/mol. The van der Waals surface area contributed by atoms with Gasteiger partial charge in [-0.15, -0.1) is 0 Å². The first kappa shape index (κ1) is 18.6. The Morgan fingerprint density at radius 1 is 1.23 bits per heavy atom. The minimum absolute atomic E-state index is 0.199. The van der Waals surface area contributed by atoms with Crippen LogP contribution in [0, 0.1) is 12.8 Å². The first-order chi connectivity index (χ1) is 12.5. The fraction of sp³-hybridized carbons (Fsp3) is 0.450. The highest BCUT2D eigenvalue weighted by atomic mass is 19.3. The molecule has 1 aliphatic heterocycles. The number of anilines is 1. The number of pyridine rings is 1. The molecule has 2 unspecified atom stereocenters. The van der Waals surface area contributed by atoms with E-state index >= 15 is 0 Å². The Kier molecular flexibility index (Phi) is 6.04. The molecule has 2 heterocycles. The van der Waals surface area contributed by atoms with Crippen LogP contribution in [0.15, 0.2) is 42.5 Å². The summed E-state index contributed by atoms with van der Waals surface area (Å²) in [6.07, 6.45) is 1.13. The lowest BCUT2D eigenvalue weighted by molar-refractivity contribution is -0.0498. The van der Waals surface area contributed by atoms with E-state index in [9.17, 15) is 8.78 Å². The van der Waals surface area contributed by atoms with Crippen LogP contribution in [-0.2, 0) is 0 Å². The number of aryl methyl sites for hydroxylation is 1. The number of nitrogens with zero attached hydrogens (tertiary/aromatic N) is 2. The van der Waals surface area contributed by atoms with Crippen molar-refractivity contribution < 1.29 is 13.5 Å². The quantitative estimate of drug-likeness (QED) is 0.789. The summed E-state index contributed by atoms with van der Waals surface area (Å²) in [6.45, 7) is 4.30. The summed E-state index contributed by atoms with van der Waals surface area (Å²) in [4.78, 5) is 6.90. The van der Waals surface area contributed by atoms with Crippen molar-refractivity contribution in [3.8, 4) is 5.75 Å². The second-order valence-electron chi connectivity index (χ2n) is 6.82. The number of aromatic nitrogens is 1. The van der Waals surface area contributed by atoms with Gasteiger partial charge in [-0.05, 0) is 62.6 Å². The summed E-state index contributed by atoms with van der Waals surface area (Å²) in [5.41, 5.74) is 2.12. The molecule has 0 spiro atoms. The van der Waals surface area contributed by atoms with E-state index in [4.69, 9.17) is 0 Å². The summed E-state index contributed by atoms with van der Waals surface area (Å²) in [6, 6.07) is 13.2. The van der Waals surface area contributed by atoms with Crippen LogP contribution in [-0.4, -0.2) is 36.1 Å². The maximum atomic E-state index is 12.2. The Balaban J connectivity index is 1.51. The van der Waals surface area contributed by atoms with Crippen LogP contribution in [0.4, 0.5) is 14.6 Å². The predicted molar refractivity (Wildman–Crippen MR) is 98.6 cm³/mol. The smallest absolute Gasteiger partial charge is 0.387 e. The van der Waals surface area contributed by atoms with Crippen molar-refractivity contribution in [2.75, 3.05) is 25.0 Å². The number of ether oxygens (including phenoxy) is 1. The number of rotatable bonds is 7. The van der Waals surface area contributed by atoms with E-state index in [2.05, 4.69) is 26.9 Å². The SMILES string of the molecule is Cc1cccc(NCC2CCN(C(C)c3ccc(OC(F)F)cc3)C2)n1. The predicted octanol–water partition coefficient (Wildman–Crippen LogP) is 4.49. The van der Waals surface area contributed by atoms with E-state index in [0.717, 1.165) is 43.1 Å². The molecule has 4 nitrogen and oxygen atoms in total. The number of hydrogen-bond acceptors (Lipinski definition) is 4. The summed E-state index contributed by atoms with van der Waals surface area (Å²) in [5.74, 6) is 1.69. The Morgan fingerprint density at radius 2 is 2.00 bits per heavy atom. The number of alkyl halides is 2. The zero-order chi connectivity index (χ0) is 18.5. The number of benzene rings is 1. The van der Waals surface area contributed by atoms with Crippen LogP contribution < -0.4 is 10.1 Å². The maximum absolute atomic E-state index is 12.2. The fourth-order valence-corrected chi connectivity index (χ4v) is 3.41. The largest absolute Gasteiger partial charge is 0.435 e. The van der Waals surface area contributed by atoms with Gasteiger partial charge in [-0.25, -0.2) is 4.98 Å². The molecule has 0 saturated carbocycles. The molecule has 6 heteroatoms. The molecular formula is C20H25F2N3O. The average Bonchev–Trinajstić information content (AvgIpc) is 3.09. The highest BCUT2D eigenvalue weighted by Crippen LogP contribution is 2.28. The van der Waals surface area contributed by atoms with Crippen LogP contribution in [0.3, 0.4) is 0 Å². The third-order valence-corrected chi connectivity index (χ3v) is 4.91. The minimum Gasteiger partial charge on any atom is -0.435 e. The van der Waals surface area contributed by atoms with Gasteiger partial charge in [0.2, 0.25) is 0 Å². The molecule has 0 radical (unpaired) electrons. The molecule has 1 aromatic heterocycles. The molecule has 1 fully saturated rings. The molecule has 1 aliphatic rings. The topological polar surface area (TPSA) is 37.4 Å². The van der Waals surface area contributed by atoms with Gasteiger partial charge in [0.05, 0.1) is 0 Å². The molecule has 0 amide bonds. The molecule has 140 valence electrons. The second-order valence-corrected chi connectivity index (χ2v) is 6.82. The molecule has 0 bridgehead atoms. The third-order valence-electron chi connectivity index (χ3n) is 4.91. The van der Waals surface area contributed by atoms with E-state index in [1.165, 1.54) is 0 Å². The van der Waals surface area contributed by atoms with Crippen molar-refractivity contribution in [2.45, 2.75) is 32.9 Å². The lowest BCUT2D eigenvalue weighted by Gasteiger charge is -2.25. The van der Waals surface area contributed by atoms with E-state index in [-0.39, 0.29) is 11.8 Å². The lowest BCUT2D eigenvalue weighted by Crippen LogP contribution is -2.26. The normalized spacial score (nSPS) is 18.9. The van der Waals surface area contributed by atoms with Gasteiger partial charge in [-0.1, -0.05) is 18.2 Å². The van der Waals surface area contributed by atoms with Gasteiger partial charge >= 0.3 is 6.61 Å². The molecule has 3 rings (SSSR count).